The third-order valence-electron chi connectivity index (χ3n) is 3.67. The van der Waals surface area contributed by atoms with Crippen LogP contribution in [0.25, 0.3) is 16.9 Å². The molecule has 2 aromatic carbocycles. The second kappa shape index (κ2) is 7.09. The Labute approximate surface area is 145 Å². The van der Waals surface area contributed by atoms with Crippen molar-refractivity contribution in [2.24, 2.45) is 0 Å². The van der Waals surface area contributed by atoms with Crippen molar-refractivity contribution in [1.29, 1.82) is 0 Å². The summed E-state index contributed by atoms with van der Waals surface area (Å²) in [6, 6.07) is 15.7. The highest BCUT2D eigenvalue weighted by Crippen LogP contribution is 2.27. The van der Waals surface area contributed by atoms with E-state index in [9.17, 15) is 9.90 Å². The minimum atomic E-state index is -0.477. The molecule has 0 fully saturated rings. The molecule has 1 N–H and O–H groups in total. The van der Waals surface area contributed by atoms with Gasteiger partial charge in [-0.25, -0.2) is 9.48 Å². The van der Waals surface area contributed by atoms with E-state index >= 15 is 0 Å². The van der Waals surface area contributed by atoms with Crippen LogP contribution in [0.4, 0.5) is 0 Å². The van der Waals surface area contributed by atoms with Crippen LogP contribution in [-0.4, -0.2) is 34.6 Å². The van der Waals surface area contributed by atoms with Gasteiger partial charge in [0.05, 0.1) is 25.1 Å². The van der Waals surface area contributed by atoms with Gasteiger partial charge in [0.15, 0.2) is 5.69 Å². The zero-order chi connectivity index (χ0) is 17.8. The van der Waals surface area contributed by atoms with Gasteiger partial charge in [-0.2, -0.15) is 5.10 Å². The SMILES string of the molecule is CCOC(=O)c1cc(-c2ccc(O)cc2)n(-c2ccc(OC)cc2)n1. The molecule has 0 saturated heterocycles. The van der Waals surface area contributed by atoms with Crippen LogP contribution in [0.15, 0.2) is 54.6 Å². The minimum absolute atomic E-state index is 0.171. The maximum absolute atomic E-state index is 12.1. The van der Waals surface area contributed by atoms with Gasteiger partial charge in [0.2, 0.25) is 0 Å². The molecule has 3 aromatic rings. The number of hydrogen-bond acceptors (Lipinski definition) is 5. The number of phenolic OH excluding ortho intramolecular Hbond substituents is 1. The first kappa shape index (κ1) is 16.6. The number of nitrogens with zero attached hydrogens (tertiary/aromatic N) is 2. The molecule has 1 heterocycles. The summed E-state index contributed by atoms with van der Waals surface area (Å²) in [6.45, 7) is 2.03. The Balaban J connectivity index is 2.10. The summed E-state index contributed by atoms with van der Waals surface area (Å²) >= 11 is 0. The smallest absolute Gasteiger partial charge is 0.358 e. The molecule has 0 aliphatic rings. The number of benzene rings is 2. The molecule has 0 amide bonds. The number of phenols is 1. The average Bonchev–Trinajstić information content (AvgIpc) is 3.08. The summed E-state index contributed by atoms with van der Waals surface area (Å²) in [5.41, 5.74) is 2.53. The number of rotatable bonds is 5. The summed E-state index contributed by atoms with van der Waals surface area (Å²) in [5.74, 6) is 0.423. The Bertz CT molecular complexity index is 867. The number of aromatic hydroxyl groups is 1. The lowest BCUT2D eigenvalue weighted by atomic mass is 10.1. The Morgan fingerprint density at radius 2 is 1.80 bits per heavy atom. The van der Waals surface area contributed by atoms with Gasteiger partial charge in [-0.05, 0) is 61.5 Å². The normalized spacial score (nSPS) is 10.5. The molecule has 0 spiro atoms. The van der Waals surface area contributed by atoms with Crippen LogP contribution in [0.3, 0.4) is 0 Å². The van der Waals surface area contributed by atoms with E-state index in [1.54, 1.807) is 49.0 Å². The zero-order valence-electron chi connectivity index (χ0n) is 14.0. The number of esters is 1. The van der Waals surface area contributed by atoms with E-state index in [-0.39, 0.29) is 18.1 Å². The fraction of sp³-hybridized carbons (Fsp3) is 0.158. The van der Waals surface area contributed by atoms with Gasteiger partial charge in [0.1, 0.15) is 11.5 Å². The van der Waals surface area contributed by atoms with Crippen LogP contribution >= 0.6 is 0 Å². The summed E-state index contributed by atoms with van der Waals surface area (Å²) in [5, 5.41) is 13.9. The quantitative estimate of drug-likeness (QED) is 0.722. The standard InChI is InChI=1S/C19H18N2O4/c1-3-25-19(23)17-12-18(13-4-8-15(22)9-5-13)21(20-17)14-6-10-16(24-2)11-7-14/h4-12,22H,3H2,1-2H3. The molecule has 0 aliphatic carbocycles. The second-order valence-corrected chi connectivity index (χ2v) is 5.29. The third kappa shape index (κ3) is 3.47. The number of aromatic nitrogens is 2. The van der Waals surface area contributed by atoms with Gasteiger partial charge in [-0.3, -0.25) is 0 Å². The van der Waals surface area contributed by atoms with Crippen molar-refractivity contribution in [3.05, 3.63) is 60.3 Å². The summed E-state index contributed by atoms with van der Waals surface area (Å²) in [7, 11) is 1.60. The van der Waals surface area contributed by atoms with Crippen molar-refractivity contribution in [2.75, 3.05) is 13.7 Å². The number of ether oxygens (including phenoxy) is 2. The van der Waals surface area contributed by atoms with Crippen LogP contribution in [0.5, 0.6) is 11.5 Å². The summed E-state index contributed by atoms with van der Waals surface area (Å²) in [4.78, 5) is 12.1. The molecular formula is C19H18N2O4. The first-order valence-corrected chi connectivity index (χ1v) is 7.83. The highest BCUT2D eigenvalue weighted by atomic mass is 16.5. The van der Waals surface area contributed by atoms with Crippen LogP contribution in [-0.2, 0) is 4.74 Å². The lowest BCUT2D eigenvalue weighted by Crippen LogP contribution is -2.06. The zero-order valence-corrected chi connectivity index (χ0v) is 14.0. The molecular weight excluding hydrogens is 320 g/mol. The number of carbonyl (C=O) groups is 1. The first-order valence-electron chi connectivity index (χ1n) is 7.83. The molecule has 0 radical (unpaired) electrons. The van der Waals surface area contributed by atoms with Gasteiger partial charge < -0.3 is 14.6 Å². The largest absolute Gasteiger partial charge is 0.508 e. The molecule has 0 saturated carbocycles. The van der Waals surface area contributed by atoms with Crippen LogP contribution in [0, 0.1) is 0 Å². The van der Waals surface area contributed by atoms with Crippen LogP contribution in [0.1, 0.15) is 17.4 Å². The monoisotopic (exact) mass is 338 g/mol. The van der Waals surface area contributed by atoms with Crippen molar-refractivity contribution < 1.29 is 19.4 Å². The van der Waals surface area contributed by atoms with Gasteiger partial charge in [0, 0.05) is 5.56 Å². The van der Waals surface area contributed by atoms with Crippen molar-refractivity contribution >= 4 is 5.97 Å². The Morgan fingerprint density at radius 3 is 2.40 bits per heavy atom. The molecule has 0 aliphatic heterocycles. The molecule has 3 rings (SSSR count). The van der Waals surface area contributed by atoms with E-state index in [2.05, 4.69) is 5.10 Å². The molecule has 25 heavy (non-hydrogen) atoms. The van der Waals surface area contributed by atoms with Gasteiger partial charge >= 0.3 is 5.97 Å². The number of carbonyl (C=O) groups excluding carboxylic acids is 1. The van der Waals surface area contributed by atoms with Gasteiger partial charge in [0.25, 0.3) is 0 Å². The minimum Gasteiger partial charge on any atom is -0.508 e. The van der Waals surface area contributed by atoms with E-state index in [4.69, 9.17) is 9.47 Å². The highest BCUT2D eigenvalue weighted by Gasteiger charge is 2.17. The molecule has 0 atom stereocenters. The van der Waals surface area contributed by atoms with Crippen molar-refractivity contribution in [2.45, 2.75) is 6.92 Å². The van der Waals surface area contributed by atoms with Crippen molar-refractivity contribution in [3.63, 3.8) is 0 Å². The van der Waals surface area contributed by atoms with E-state index in [1.165, 1.54) is 0 Å². The molecule has 128 valence electrons. The molecule has 6 heteroatoms. The van der Waals surface area contributed by atoms with Crippen molar-refractivity contribution in [3.8, 4) is 28.4 Å². The third-order valence-corrected chi connectivity index (χ3v) is 3.67. The average molecular weight is 338 g/mol. The van der Waals surface area contributed by atoms with Crippen LogP contribution in [0.2, 0.25) is 0 Å². The number of methoxy groups -OCH3 is 1. The Kier molecular flexibility index (Phi) is 4.70. The molecule has 0 bridgehead atoms. The van der Waals surface area contributed by atoms with E-state index < -0.39 is 5.97 Å². The van der Waals surface area contributed by atoms with E-state index in [0.29, 0.717) is 5.69 Å². The van der Waals surface area contributed by atoms with Gasteiger partial charge in [-0.1, -0.05) is 0 Å². The fourth-order valence-corrected chi connectivity index (χ4v) is 2.44. The van der Waals surface area contributed by atoms with E-state index in [0.717, 1.165) is 17.0 Å². The topological polar surface area (TPSA) is 73.6 Å². The Morgan fingerprint density at radius 1 is 1.12 bits per heavy atom. The summed E-state index contributed by atoms with van der Waals surface area (Å²) in [6.07, 6.45) is 0. The maximum atomic E-state index is 12.1. The summed E-state index contributed by atoms with van der Waals surface area (Å²) < 4.78 is 11.9. The molecule has 1 aromatic heterocycles. The number of hydrogen-bond donors (Lipinski definition) is 1. The van der Waals surface area contributed by atoms with E-state index in [1.807, 2.05) is 24.3 Å². The Hall–Kier alpha value is -3.28. The lowest BCUT2D eigenvalue weighted by Gasteiger charge is -2.08. The molecule has 0 unspecified atom stereocenters. The lowest BCUT2D eigenvalue weighted by molar-refractivity contribution is 0.0519. The van der Waals surface area contributed by atoms with Crippen molar-refractivity contribution in [1.82, 2.24) is 9.78 Å². The second-order valence-electron chi connectivity index (χ2n) is 5.29. The highest BCUT2D eigenvalue weighted by molar-refractivity contribution is 5.89. The molecule has 6 nitrogen and oxygen atoms in total. The van der Waals surface area contributed by atoms with Crippen LogP contribution < -0.4 is 4.74 Å². The predicted molar refractivity (Wildman–Crippen MR) is 93.2 cm³/mol. The maximum Gasteiger partial charge on any atom is 0.358 e. The first-order chi connectivity index (χ1) is 12.1. The van der Waals surface area contributed by atoms with Gasteiger partial charge in [-0.15, -0.1) is 0 Å². The fourth-order valence-electron chi connectivity index (χ4n) is 2.44. The predicted octanol–water partition coefficient (Wildman–Crippen LogP) is 3.43.